The predicted octanol–water partition coefficient (Wildman–Crippen LogP) is 1.79. The van der Waals surface area contributed by atoms with Crippen molar-refractivity contribution in [2.45, 2.75) is 25.3 Å². The normalized spacial score (nSPS) is 17.5. The fourth-order valence-electron chi connectivity index (χ4n) is 2.65. The zero-order valence-corrected chi connectivity index (χ0v) is 11.7. The number of hydrogen-bond donors (Lipinski definition) is 3. The molecule has 0 saturated heterocycles. The molecular formula is C14H16N4OS. The molecule has 1 heterocycles. The maximum atomic E-state index is 11.4. The minimum atomic E-state index is -0.532. The van der Waals surface area contributed by atoms with Crippen molar-refractivity contribution in [3.8, 4) is 0 Å². The first-order chi connectivity index (χ1) is 9.65. The molecular weight excluding hydrogens is 272 g/mol. The summed E-state index contributed by atoms with van der Waals surface area (Å²) >= 11 is 1.19. The zero-order chi connectivity index (χ0) is 14.1. The van der Waals surface area contributed by atoms with Crippen molar-refractivity contribution in [3.05, 3.63) is 41.0 Å². The predicted molar refractivity (Wildman–Crippen MR) is 80.9 cm³/mol. The molecule has 104 valence electrons. The summed E-state index contributed by atoms with van der Waals surface area (Å²) in [6, 6.07) is 8.73. The Morgan fingerprint density at radius 2 is 2.10 bits per heavy atom. The average Bonchev–Trinajstić information content (AvgIpc) is 2.79. The van der Waals surface area contributed by atoms with Gasteiger partial charge in [0.05, 0.1) is 0 Å². The van der Waals surface area contributed by atoms with E-state index in [1.54, 1.807) is 0 Å². The summed E-state index contributed by atoms with van der Waals surface area (Å²) in [6.45, 7) is 0. The van der Waals surface area contributed by atoms with Gasteiger partial charge in [-0.25, -0.2) is 0 Å². The van der Waals surface area contributed by atoms with E-state index in [2.05, 4.69) is 34.0 Å². The van der Waals surface area contributed by atoms with Crippen molar-refractivity contribution in [1.29, 1.82) is 0 Å². The summed E-state index contributed by atoms with van der Waals surface area (Å²) in [4.78, 5) is 11.4. The van der Waals surface area contributed by atoms with Crippen LogP contribution in [-0.4, -0.2) is 16.3 Å². The first kappa shape index (κ1) is 12.9. The number of amides is 1. The van der Waals surface area contributed by atoms with E-state index < -0.39 is 5.91 Å². The monoisotopic (exact) mass is 288 g/mol. The molecule has 1 aromatic carbocycles. The van der Waals surface area contributed by atoms with Gasteiger partial charge in [0.2, 0.25) is 0 Å². The Morgan fingerprint density at radius 3 is 2.85 bits per heavy atom. The maximum Gasteiger partial charge on any atom is 0.255 e. The van der Waals surface area contributed by atoms with Gasteiger partial charge in [-0.3, -0.25) is 4.79 Å². The molecule has 1 unspecified atom stereocenters. The number of carbonyl (C=O) groups is 1. The smallest absolute Gasteiger partial charge is 0.255 e. The van der Waals surface area contributed by atoms with E-state index in [9.17, 15) is 4.79 Å². The third kappa shape index (κ3) is 2.34. The van der Waals surface area contributed by atoms with Gasteiger partial charge in [-0.05, 0) is 41.9 Å². The SMILES string of the molecule is NC(=O)c1c(N)nsc1NC1CCc2ccccc2C1. The Morgan fingerprint density at radius 1 is 1.35 bits per heavy atom. The molecule has 1 aliphatic carbocycles. The Kier molecular flexibility index (Phi) is 3.31. The van der Waals surface area contributed by atoms with Gasteiger partial charge >= 0.3 is 0 Å². The van der Waals surface area contributed by atoms with E-state index in [0.29, 0.717) is 10.6 Å². The molecule has 3 rings (SSSR count). The Labute approximate surface area is 121 Å². The number of benzene rings is 1. The van der Waals surface area contributed by atoms with Gasteiger partial charge in [-0.2, -0.15) is 4.37 Å². The number of carbonyl (C=O) groups excluding carboxylic acids is 1. The van der Waals surface area contributed by atoms with Crippen LogP contribution in [0.25, 0.3) is 0 Å². The Bertz CT molecular complexity index is 652. The number of aromatic nitrogens is 1. The maximum absolute atomic E-state index is 11.4. The van der Waals surface area contributed by atoms with Crippen LogP contribution in [0.5, 0.6) is 0 Å². The molecule has 1 aromatic heterocycles. The van der Waals surface area contributed by atoms with Gasteiger partial charge in [0.15, 0.2) is 5.82 Å². The quantitative estimate of drug-likeness (QED) is 0.802. The molecule has 0 radical (unpaired) electrons. The Hall–Kier alpha value is -2.08. The number of fused-ring (bicyclic) bond motifs is 1. The molecule has 1 atom stereocenters. The van der Waals surface area contributed by atoms with Crippen LogP contribution < -0.4 is 16.8 Å². The zero-order valence-electron chi connectivity index (χ0n) is 10.9. The molecule has 0 spiro atoms. The van der Waals surface area contributed by atoms with Gasteiger partial charge in [0.1, 0.15) is 10.6 Å². The highest BCUT2D eigenvalue weighted by molar-refractivity contribution is 7.11. The summed E-state index contributed by atoms with van der Waals surface area (Å²) in [6.07, 6.45) is 2.99. The number of aryl methyl sites for hydroxylation is 1. The van der Waals surface area contributed by atoms with E-state index in [4.69, 9.17) is 11.5 Å². The van der Waals surface area contributed by atoms with Crippen molar-refractivity contribution < 1.29 is 4.79 Å². The number of nitrogens with zero attached hydrogens (tertiary/aromatic N) is 1. The molecule has 0 bridgehead atoms. The third-order valence-electron chi connectivity index (χ3n) is 3.65. The second kappa shape index (κ2) is 5.13. The molecule has 6 heteroatoms. The molecule has 1 amide bonds. The van der Waals surface area contributed by atoms with Crippen LogP contribution in [0.15, 0.2) is 24.3 Å². The number of anilines is 2. The molecule has 5 N–H and O–H groups in total. The highest BCUT2D eigenvalue weighted by atomic mass is 32.1. The Balaban J connectivity index is 1.79. The summed E-state index contributed by atoms with van der Waals surface area (Å²) in [5, 5.41) is 4.05. The molecule has 20 heavy (non-hydrogen) atoms. The van der Waals surface area contributed by atoms with Crippen LogP contribution in [0, 0.1) is 0 Å². The fraction of sp³-hybridized carbons (Fsp3) is 0.286. The molecule has 1 aliphatic rings. The molecule has 0 fully saturated rings. The van der Waals surface area contributed by atoms with E-state index in [1.807, 2.05) is 0 Å². The van der Waals surface area contributed by atoms with E-state index in [0.717, 1.165) is 19.3 Å². The minimum Gasteiger partial charge on any atom is -0.382 e. The first-order valence-corrected chi connectivity index (χ1v) is 7.30. The topological polar surface area (TPSA) is 94.0 Å². The van der Waals surface area contributed by atoms with Crippen molar-refractivity contribution in [1.82, 2.24) is 4.37 Å². The van der Waals surface area contributed by atoms with Crippen LogP contribution in [0.3, 0.4) is 0 Å². The first-order valence-electron chi connectivity index (χ1n) is 6.53. The van der Waals surface area contributed by atoms with Gasteiger partial charge < -0.3 is 16.8 Å². The molecule has 5 nitrogen and oxygen atoms in total. The summed E-state index contributed by atoms with van der Waals surface area (Å²) < 4.78 is 4.00. The van der Waals surface area contributed by atoms with Crippen LogP contribution in [0.2, 0.25) is 0 Å². The van der Waals surface area contributed by atoms with Crippen molar-refractivity contribution in [2.24, 2.45) is 5.73 Å². The third-order valence-corrected chi connectivity index (χ3v) is 4.44. The van der Waals surface area contributed by atoms with Gasteiger partial charge in [-0.15, -0.1) is 0 Å². The highest BCUT2D eigenvalue weighted by Gasteiger charge is 2.22. The second-order valence-corrected chi connectivity index (χ2v) is 5.76. The average molecular weight is 288 g/mol. The standard InChI is InChI=1S/C14H16N4OS/c15-12-11(13(16)19)14(20-18-12)17-10-6-5-8-3-1-2-4-9(8)7-10/h1-4,10,17H,5-7H2,(H2,15,18)(H2,16,19). The highest BCUT2D eigenvalue weighted by Crippen LogP contribution is 2.30. The van der Waals surface area contributed by atoms with Gasteiger partial charge in [0, 0.05) is 6.04 Å². The lowest BCUT2D eigenvalue weighted by atomic mass is 9.88. The molecule has 0 aliphatic heterocycles. The van der Waals surface area contributed by atoms with Gasteiger partial charge in [-0.1, -0.05) is 24.3 Å². The summed E-state index contributed by atoms with van der Waals surface area (Å²) in [7, 11) is 0. The van der Waals surface area contributed by atoms with Crippen LogP contribution in [-0.2, 0) is 12.8 Å². The van der Waals surface area contributed by atoms with Crippen LogP contribution >= 0.6 is 11.5 Å². The molecule has 2 aromatic rings. The number of primary amides is 1. The number of nitrogens with two attached hydrogens (primary N) is 2. The largest absolute Gasteiger partial charge is 0.382 e. The lowest BCUT2D eigenvalue weighted by Gasteiger charge is -2.25. The fourth-order valence-corrected chi connectivity index (χ4v) is 3.44. The van der Waals surface area contributed by atoms with E-state index in [1.165, 1.54) is 22.7 Å². The number of nitrogen functional groups attached to an aromatic ring is 1. The van der Waals surface area contributed by atoms with Crippen molar-refractivity contribution >= 4 is 28.3 Å². The minimum absolute atomic E-state index is 0.209. The summed E-state index contributed by atoms with van der Waals surface area (Å²) in [5.41, 5.74) is 14.1. The summed E-state index contributed by atoms with van der Waals surface area (Å²) in [5.74, 6) is -0.323. The van der Waals surface area contributed by atoms with Crippen LogP contribution in [0.4, 0.5) is 10.8 Å². The second-order valence-electron chi connectivity index (χ2n) is 4.99. The van der Waals surface area contributed by atoms with Crippen molar-refractivity contribution in [3.63, 3.8) is 0 Å². The number of hydrogen-bond acceptors (Lipinski definition) is 5. The number of rotatable bonds is 3. The van der Waals surface area contributed by atoms with E-state index in [-0.39, 0.29) is 11.9 Å². The van der Waals surface area contributed by atoms with Crippen LogP contribution in [0.1, 0.15) is 27.9 Å². The number of nitrogens with one attached hydrogen (secondary N) is 1. The van der Waals surface area contributed by atoms with Gasteiger partial charge in [0.25, 0.3) is 5.91 Å². The lowest BCUT2D eigenvalue weighted by Crippen LogP contribution is -2.28. The van der Waals surface area contributed by atoms with Crippen molar-refractivity contribution in [2.75, 3.05) is 11.1 Å². The lowest BCUT2D eigenvalue weighted by molar-refractivity contribution is 0.100. The molecule has 0 saturated carbocycles. The van der Waals surface area contributed by atoms with E-state index >= 15 is 0 Å².